The van der Waals surface area contributed by atoms with Gasteiger partial charge in [-0.05, 0) is 43.2 Å². The van der Waals surface area contributed by atoms with Crippen LogP contribution in [0.3, 0.4) is 0 Å². The number of rotatable bonds is 4. The van der Waals surface area contributed by atoms with Gasteiger partial charge in [-0.15, -0.1) is 0 Å². The van der Waals surface area contributed by atoms with Crippen LogP contribution in [0.15, 0.2) is 33.8 Å². The summed E-state index contributed by atoms with van der Waals surface area (Å²) in [6, 6.07) is 5.17. The lowest BCUT2D eigenvalue weighted by Crippen LogP contribution is -2.12. The van der Waals surface area contributed by atoms with E-state index in [4.69, 9.17) is 5.73 Å². The van der Waals surface area contributed by atoms with E-state index in [1.165, 1.54) is 0 Å². The second-order valence-electron chi connectivity index (χ2n) is 5.01. The highest BCUT2D eigenvalue weighted by atomic mass is 79.9. The standard InChI is InChI=1S/C14H18BrN3O2S/c1-9-4-11(5-10(2)14(9)15)17-21(19,20)13-6-12(7-16)18(3)8-13/h4-6,8,17H,7,16H2,1-3H3. The Bertz CT molecular complexity index is 759. The predicted molar refractivity (Wildman–Crippen MR) is 87.7 cm³/mol. The second-order valence-corrected chi connectivity index (χ2v) is 7.49. The van der Waals surface area contributed by atoms with Crippen LogP contribution >= 0.6 is 15.9 Å². The Balaban J connectivity index is 2.37. The average Bonchev–Trinajstić information content (AvgIpc) is 2.77. The van der Waals surface area contributed by atoms with Gasteiger partial charge in [0.15, 0.2) is 0 Å². The maximum Gasteiger partial charge on any atom is 0.263 e. The fourth-order valence-corrected chi connectivity index (χ4v) is 3.51. The van der Waals surface area contributed by atoms with Crippen LogP contribution in [-0.2, 0) is 23.6 Å². The molecule has 0 spiro atoms. The van der Waals surface area contributed by atoms with Crippen LogP contribution < -0.4 is 10.5 Å². The number of nitrogens with zero attached hydrogens (tertiary/aromatic N) is 1. The molecule has 0 aliphatic heterocycles. The zero-order valence-corrected chi connectivity index (χ0v) is 14.5. The van der Waals surface area contributed by atoms with Gasteiger partial charge < -0.3 is 10.3 Å². The third-order valence-electron chi connectivity index (χ3n) is 3.29. The summed E-state index contributed by atoms with van der Waals surface area (Å²) in [6.07, 6.45) is 1.56. The summed E-state index contributed by atoms with van der Waals surface area (Å²) >= 11 is 3.47. The Kier molecular flexibility index (Phi) is 4.46. The molecule has 0 aliphatic rings. The van der Waals surface area contributed by atoms with Crippen molar-refractivity contribution in [1.29, 1.82) is 0 Å². The largest absolute Gasteiger partial charge is 0.352 e. The van der Waals surface area contributed by atoms with Gasteiger partial charge in [0, 0.05) is 35.6 Å². The van der Waals surface area contributed by atoms with Crippen LogP contribution in [0, 0.1) is 13.8 Å². The maximum absolute atomic E-state index is 12.4. The lowest BCUT2D eigenvalue weighted by molar-refractivity contribution is 0.601. The van der Waals surface area contributed by atoms with Crippen LogP contribution in [-0.4, -0.2) is 13.0 Å². The van der Waals surface area contributed by atoms with E-state index >= 15 is 0 Å². The molecular formula is C14H18BrN3O2S. The summed E-state index contributed by atoms with van der Waals surface area (Å²) in [7, 11) is -1.84. The Hall–Kier alpha value is -1.31. The first-order chi connectivity index (χ1) is 9.74. The van der Waals surface area contributed by atoms with E-state index in [9.17, 15) is 8.42 Å². The summed E-state index contributed by atoms with van der Waals surface area (Å²) in [5, 5.41) is 0. The molecule has 114 valence electrons. The number of hydrogen-bond donors (Lipinski definition) is 2. The predicted octanol–water partition coefficient (Wildman–Crippen LogP) is 2.66. The summed E-state index contributed by atoms with van der Waals surface area (Å²) in [5.41, 5.74) is 8.84. The molecule has 0 unspecified atom stereocenters. The van der Waals surface area contributed by atoms with E-state index in [0.29, 0.717) is 12.2 Å². The second kappa shape index (κ2) is 5.82. The van der Waals surface area contributed by atoms with Gasteiger partial charge in [0.25, 0.3) is 10.0 Å². The minimum atomic E-state index is -3.61. The molecule has 0 bridgehead atoms. The minimum absolute atomic E-state index is 0.212. The first-order valence-electron chi connectivity index (χ1n) is 6.39. The van der Waals surface area contributed by atoms with Crippen LogP contribution in [0.25, 0.3) is 0 Å². The van der Waals surface area contributed by atoms with Crippen molar-refractivity contribution in [3.05, 3.63) is 45.7 Å². The fourth-order valence-electron chi connectivity index (χ4n) is 2.15. The van der Waals surface area contributed by atoms with E-state index < -0.39 is 10.0 Å². The summed E-state index contributed by atoms with van der Waals surface area (Å²) in [4.78, 5) is 0.212. The highest BCUT2D eigenvalue weighted by Crippen LogP contribution is 2.26. The number of nitrogens with two attached hydrogens (primary N) is 1. The Morgan fingerprint density at radius 3 is 2.29 bits per heavy atom. The number of hydrogen-bond acceptors (Lipinski definition) is 3. The molecule has 7 heteroatoms. The monoisotopic (exact) mass is 371 g/mol. The number of anilines is 1. The molecule has 1 aromatic carbocycles. The topological polar surface area (TPSA) is 77.1 Å². The van der Waals surface area contributed by atoms with E-state index in [-0.39, 0.29) is 4.90 Å². The Labute approximate surface area is 133 Å². The van der Waals surface area contributed by atoms with E-state index in [1.54, 1.807) is 36.0 Å². The smallest absolute Gasteiger partial charge is 0.263 e. The normalized spacial score (nSPS) is 11.7. The molecule has 2 aromatic rings. The molecule has 1 heterocycles. The molecule has 0 atom stereocenters. The van der Waals surface area contributed by atoms with Crippen molar-refractivity contribution in [2.45, 2.75) is 25.3 Å². The van der Waals surface area contributed by atoms with Crippen molar-refractivity contribution < 1.29 is 8.42 Å². The van der Waals surface area contributed by atoms with Crippen molar-refractivity contribution >= 4 is 31.6 Å². The molecule has 3 N–H and O–H groups in total. The highest BCUT2D eigenvalue weighted by molar-refractivity contribution is 9.10. The number of sulfonamides is 1. The van der Waals surface area contributed by atoms with Gasteiger partial charge in [-0.2, -0.15) is 0 Å². The van der Waals surface area contributed by atoms with Gasteiger partial charge in [0.2, 0.25) is 0 Å². The first-order valence-corrected chi connectivity index (χ1v) is 8.67. The third-order valence-corrected chi connectivity index (χ3v) is 5.89. The van der Waals surface area contributed by atoms with Gasteiger partial charge in [0.05, 0.1) is 0 Å². The van der Waals surface area contributed by atoms with Gasteiger partial charge in [-0.3, -0.25) is 4.72 Å². The van der Waals surface area contributed by atoms with Crippen molar-refractivity contribution in [3.63, 3.8) is 0 Å². The summed E-state index contributed by atoms with van der Waals surface area (Å²) in [5.74, 6) is 0. The summed E-state index contributed by atoms with van der Waals surface area (Å²) in [6.45, 7) is 4.14. The number of aromatic nitrogens is 1. The van der Waals surface area contributed by atoms with Crippen molar-refractivity contribution in [3.8, 4) is 0 Å². The first kappa shape index (κ1) is 16.1. The molecule has 0 fully saturated rings. The van der Waals surface area contributed by atoms with Gasteiger partial charge in [0.1, 0.15) is 4.90 Å². The molecule has 0 saturated heterocycles. The van der Waals surface area contributed by atoms with Gasteiger partial charge in [-0.1, -0.05) is 15.9 Å². The Morgan fingerprint density at radius 2 is 1.81 bits per heavy atom. The Morgan fingerprint density at radius 1 is 1.24 bits per heavy atom. The van der Waals surface area contributed by atoms with E-state index in [1.807, 2.05) is 13.8 Å². The average molecular weight is 372 g/mol. The van der Waals surface area contributed by atoms with Crippen molar-refractivity contribution in [1.82, 2.24) is 4.57 Å². The molecular weight excluding hydrogens is 354 g/mol. The van der Waals surface area contributed by atoms with E-state index in [2.05, 4.69) is 20.7 Å². The minimum Gasteiger partial charge on any atom is -0.352 e. The fraction of sp³-hybridized carbons (Fsp3) is 0.286. The molecule has 0 saturated carbocycles. The van der Waals surface area contributed by atoms with Gasteiger partial charge >= 0.3 is 0 Å². The zero-order chi connectivity index (χ0) is 15.8. The molecule has 1 aromatic heterocycles. The number of aryl methyl sites for hydroxylation is 3. The highest BCUT2D eigenvalue weighted by Gasteiger charge is 2.18. The lowest BCUT2D eigenvalue weighted by Gasteiger charge is -2.10. The van der Waals surface area contributed by atoms with Gasteiger partial charge in [-0.25, -0.2) is 8.42 Å². The number of benzene rings is 1. The van der Waals surface area contributed by atoms with Crippen molar-refractivity contribution in [2.24, 2.45) is 12.8 Å². The lowest BCUT2D eigenvalue weighted by atomic mass is 10.1. The number of nitrogens with one attached hydrogen (secondary N) is 1. The maximum atomic E-state index is 12.4. The quantitative estimate of drug-likeness (QED) is 0.866. The summed E-state index contributed by atoms with van der Waals surface area (Å²) < 4.78 is 30.1. The molecule has 0 radical (unpaired) electrons. The molecule has 0 aliphatic carbocycles. The number of halogens is 1. The zero-order valence-electron chi connectivity index (χ0n) is 12.1. The van der Waals surface area contributed by atoms with E-state index in [0.717, 1.165) is 21.3 Å². The molecule has 2 rings (SSSR count). The molecule has 21 heavy (non-hydrogen) atoms. The van der Waals surface area contributed by atoms with Crippen LogP contribution in [0.1, 0.15) is 16.8 Å². The third kappa shape index (κ3) is 3.30. The van der Waals surface area contributed by atoms with Crippen molar-refractivity contribution in [2.75, 3.05) is 4.72 Å². The van der Waals surface area contributed by atoms with Crippen LogP contribution in [0.4, 0.5) is 5.69 Å². The molecule has 0 amide bonds. The van der Waals surface area contributed by atoms with Crippen LogP contribution in [0.2, 0.25) is 0 Å². The van der Waals surface area contributed by atoms with Crippen LogP contribution in [0.5, 0.6) is 0 Å². The molecule has 5 nitrogen and oxygen atoms in total. The SMILES string of the molecule is Cc1cc(NS(=O)(=O)c2cc(CN)n(C)c2)cc(C)c1Br.